The van der Waals surface area contributed by atoms with Gasteiger partial charge in [-0.1, -0.05) is 25.5 Å². The Bertz CT molecular complexity index is 1030. The van der Waals surface area contributed by atoms with E-state index in [4.69, 9.17) is 0 Å². The Hall–Kier alpha value is -2.82. The van der Waals surface area contributed by atoms with Crippen LogP contribution in [-0.4, -0.2) is 37.8 Å². The summed E-state index contributed by atoms with van der Waals surface area (Å²) in [6.45, 7) is 3.16. The van der Waals surface area contributed by atoms with Crippen molar-refractivity contribution in [2.24, 2.45) is 0 Å². The average molecular weight is 443 g/mol. The highest BCUT2D eigenvalue weighted by molar-refractivity contribution is 7.92. The molecule has 1 aliphatic rings. The minimum absolute atomic E-state index is 0.0256. The molecule has 2 atom stereocenters. The smallest absolute Gasteiger partial charge is 0.427 e. The van der Waals surface area contributed by atoms with Crippen LogP contribution in [0.4, 0.5) is 29.5 Å². The fraction of sp³-hybridized carbons (Fsp3) is 0.368. The second kappa shape index (κ2) is 8.13. The Labute approximate surface area is 171 Å². The van der Waals surface area contributed by atoms with Crippen LogP contribution in [0.1, 0.15) is 25.8 Å². The van der Waals surface area contributed by atoms with E-state index in [0.29, 0.717) is 4.90 Å². The number of carbonyl (C=O) groups is 1. The van der Waals surface area contributed by atoms with Gasteiger partial charge in [0.25, 0.3) is 10.0 Å². The topological polar surface area (TPSA) is 88.6 Å². The fourth-order valence-corrected chi connectivity index (χ4v) is 4.24. The van der Waals surface area contributed by atoms with E-state index in [9.17, 15) is 26.4 Å². The number of rotatable bonds is 6. The molecule has 1 amide bonds. The molecule has 1 aromatic carbocycles. The third-order valence-electron chi connectivity index (χ3n) is 4.62. The van der Waals surface area contributed by atoms with Gasteiger partial charge >= 0.3 is 12.3 Å². The standard InChI is InChI=1S/C19H20F3N3O4S/c1-3-5-13-7-9-14(10-8-13)30(27,28)24-15-6-4-11-23-17(15)25-12(2)16(19(20,21)22)29-18(25)26/h4,6-12,16,24H,3,5H2,1-2H3/t12-,16+/m0/s1. The van der Waals surface area contributed by atoms with Crippen LogP contribution >= 0.6 is 0 Å². The third kappa shape index (κ3) is 4.35. The molecule has 3 rings (SSSR count). The van der Waals surface area contributed by atoms with E-state index in [1.54, 1.807) is 12.1 Å². The minimum atomic E-state index is -4.77. The average Bonchev–Trinajstić information content (AvgIpc) is 2.97. The van der Waals surface area contributed by atoms with Gasteiger partial charge in [0.2, 0.25) is 6.10 Å². The number of pyridine rings is 1. The summed E-state index contributed by atoms with van der Waals surface area (Å²) in [6.07, 6.45) is -5.41. The second-order valence-corrected chi connectivity index (χ2v) is 8.51. The zero-order valence-corrected chi connectivity index (χ0v) is 17.0. The molecule has 30 heavy (non-hydrogen) atoms. The molecular weight excluding hydrogens is 423 g/mol. The van der Waals surface area contributed by atoms with Gasteiger partial charge in [-0.15, -0.1) is 0 Å². The van der Waals surface area contributed by atoms with Gasteiger partial charge in [0, 0.05) is 6.20 Å². The lowest BCUT2D eigenvalue weighted by Crippen LogP contribution is -2.41. The SMILES string of the molecule is CCCc1ccc(S(=O)(=O)Nc2cccnc2N2C(=O)O[C@@H](C(F)(F)F)[C@@H]2C)cc1. The van der Waals surface area contributed by atoms with Crippen molar-refractivity contribution in [3.8, 4) is 0 Å². The highest BCUT2D eigenvalue weighted by atomic mass is 32.2. The molecule has 0 saturated carbocycles. The monoisotopic (exact) mass is 443 g/mol. The van der Waals surface area contributed by atoms with Crippen molar-refractivity contribution in [2.75, 3.05) is 9.62 Å². The van der Waals surface area contributed by atoms with Crippen LogP contribution in [0, 0.1) is 0 Å². The van der Waals surface area contributed by atoms with Crippen LogP contribution < -0.4 is 9.62 Å². The number of carbonyl (C=O) groups excluding carboxylic acids is 1. The Morgan fingerprint density at radius 3 is 2.43 bits per heavy atom. The molecule has 1 aromatic heterocycles. The summed E-state index contributed by atoms with van der Waals surface area (Å²) in [4.78, 5) is 16.7. The number of ether oxygens (including phenoxy) is 1. The van der Waals surface area contributed by atoms with Crippen molar-refractivity contribution in [3.63, 3.8) is 0 Å². The van der Waals surface area contributed by atoms with Crippen molar-refractivity contribution in [1.82, 2.24) is 4.98 Å². The summed E-state index contributed by atoms with van der Waals surface area (Å²) in [6, 6.07) is 7.55. The van der Waals surface area contributed by atoms with Crippen LogP contribution in [0.5, 0.6) is 0 Å². The van der Waals surface area contributed by atoms with Gasteiger partial charge in [-0.05, 0) is 43.2 Å². The summed E-state index contributed by atoms with van der Waals surface area (Å²) in [5.41, 5.74) is 0.840. The second-order valence-electron chi connectivity index (χ2n) is 6.83. The van der Waals surface area contributed by atoms with Gasteiger partial charge in [0.1, 0.15) is 0 Å². The van der Waals surface area contributed by atoms with E-state index in [1.807, 2.05) is 6.92 Å². The summed E-state index contributed by atoms with van der Waals surface area (Å²) in [5.74, 6) is -0.270. The number of nitrogens with zero attached hydrogens (tertiary/aromatic N) is 2. The van der Waals surface area contributed by atoms with Crippen molar-refractivity contribution >= 4 is 27.6 Å². The molecule has 2 aromatic rings. The van der Waals surface area contributed by atoms with E-state index in [0.717, 1.165) is 25.3 Å². The van der Waals surface area contributed by atoms with Gasteiger partial charge in [0.15, 0.2) is 5.82 Å². The number of benzene rings is 1. The molecular formula is C19H20F3N3O4S. The highest BCUT2D eigenvalue weighted by Crippen LogP contribution is 2.37. The lowest BCUT2D eigenvalue weighted by Gasteiger charge is -2.23. The fourth-order valence-electron chi connectivity index (χ4n) is 3.18. The van der Waals surface area contributed by atoms with E-state index in [2.05, 4.69) is 14.4 Å². The molecule has 11 heteroatoms. The molecule has 1 fully saturated rings. The Kier molecular flexibility index (Phi) is 5.93. The predicted molar refractivity (Wildman–Crippen MR) is 104 cm³/mol. The minimum Gasteiger partial charge on any atom is -0.434 e. The van der Waals surface area contributed by atoms with E-state index >= 15 is 0 Å². The molecule has 0 spiro atoms. The molecule has 0 bridgehead atoms. The van der Waals surface area contributed by atoms with Crippen LogP contribution in [-0.2, 0) is 21.2 Å². The summed E-state index contributed by atoms with van der Waals surface area (Å²) < 4.78 is 71.7. The number of alkyl halides is 3. The van der Waals surface area contributed by atoms with Crippen molar-refractivity contribution in [1.29, 1.82) is 0 Å². The maximum absolute atomic E-state index is 13.1. The number of halogens is 3. The Balaban J connectivity index is 1.91. The molecule has 0 radical (unpaired) electrons. The largest absolute Gasteiger partial charge is 0.434 e. The molecule has 162 valence electrons. The molecule has 1 saturated heterocycles. The molecule has 7 nitrogen and oxygen atoms in total. The molecule has 1 aliphatic heterocycles. The number of nitrogens with one attached hydrogen (secondary N) is 1. The normalized spacial score (nSPS) is 19.6. The number of cyclic esters (lactones) is 1. The number of sulfonamides is 1. The number of anilines is 2. The van der Waals surface area contributed by atoms with E-state index in [1.165, 1.54) is 30.5 Å². The lowest BCUT2D eigenvalue weighted by atomic mass is 10.1. The summed E-state index contributed by atoms with van der Waals surface area (Å²) in [5, 5.41) is 0. The third-order valence-corrected chi connectivity index (χ3v) is 6.01. The van der Waals surface area contributed by atoms with Crippen LogP contribution in [0.25, 0.3) is 0 Å². The first-order valence-corrected chi connectivity index (χ1v) is 10.7. The highest BCUT2D eigenvalue weighted by Gasteiger charge is 2.55. The van der Waals surface area contributed by atoms with Crippen molar-refractivity contribution in [2.45, 2.75) is 49.9 Å². The summed E-state index contributed by atoms with van der Waals surface area (Å²) in [7, 11) is -4.06. The Morgan fingerprint density at radius 1 is 1.20 bits per heavy atom. The molecule has 0 aliphatic carbocycles. The zero-order chi connectivity index (χ0) is 22.1. The maximum Gasteiger partial charge on any atom is 0.427 e. The predicted octanol–water partition coefficient (Wildman–Crippen LogP) is 4.11. The molecule has 2 heterocycles. The first-order valence-electron chi connectivity index (χ1n) is 9.18. The molecule has 1 N–H and O–H groups in total. The number of hydrogen-bond acceptors (Lipinski definition) is 5. The first-order chi connectivity index (χ1) is 14.0. The molecule has 0 unspecified atom stereocenters. The van der Waals surface area contributed by atoms with Gasteiger partial charge in [-0.2, -0.15) is 13.2 Å². The zero-order valence-electron chi connectivity index (χ0n) is 16.2. The number of amides is 1. The van der Waals surface area contributed by atoms with Gasteiger partial charge < -0.3 is 4.74 Å². The van der Waals surface area contributed by atoms with Crippen molar-refractivity contribution < 1.29 is 31.1 Å². The van der Waals surface area contributed by atoms with Crippen LogP contribution in [0.3, 0.4) is 0 Å². The van der Waals surface area contributed by atoms with E-state index < -0.39 is 34.4 Å². The Morgan fingerprint density at radius 2 is 1.87 bits per heavy atom. The first kappa shape index (κ1) is 21.9. The van der Waals surface area contributed by atoms with E-state index in [-0.39, 0.29) is 16.4 Å². The number of aromatic nitrogens is 1. The number of aryl methyl sites for hydroxylation is 1. The van der Waals surface area contributed by atoms with Crippen LogP contribution in [0.2, 0.25) is 0 Å². The van der Waals surface area contributed by atoms with Crippen molar-refractivity contribution in [3.05, 3.63) is 48.2 Å². The quantitative estimate of drug-likeness (QED) is 0.726. The lowest BCUT2D eigenvalue weighted by molar-refractivity contribution is -0.198. The van der Waals surface area contributed by atoms with Crippen LogP contribution in [0.15, 0.2) is 47.5 Å². The summed E-state index contributed by atoms with van der Waals surface area (Å²) >= 11 is 0. The van der Waals surface area contributed by atoms with Gasteiger partial charge in [-0.3, -0.25) is 9.62 Å². The van der Waals surface area contributed by atoms with Gasteiger partial charge in [-0.25, -0.2) is 18.2 Å². The maximum atomic E-state index is 13.1. The number of hydrogen-bond donors (Lipinski definition) is 1. The van der Waals surface area contributed by atoms with Gasteiger partial charge in [0.05, 0.1) is 16.6 Å².